The molecule has 21 heavy (non-hydrogen) atoms. The Morgan fingerprint density at radius 3 is 2.62 bits per heavy atom. The lowest BCUT2D eigenvalue weighted by molar-refractivity contribution is 0.0944. The van der Waals surface area contributed by atoms with Crippen molar-refractivity contribution in [2.24, 2.45) is 5.84 Å². The summed E-state index contributed by atoms with van der Waals surface area (Å²) in [5.74, 6) is 5.45. The largest absolute Gasteiger partial charge is 0.360 e. The SMILES string of the molecule is CS(=O)(=O)c1ccc(SCc2cc(C(=O)NN)no2)cc1. The van der Waals surface area contributed by atoms with E-state index in [4.69, 9.17) is 10.4 Å². The van der Waals surface area contributed by atoms with E-state index in [1.54, 1.807) is 24.3 Å². The summed E-state index contributed by atoms with van der Waals surface area (Å²) in [6, 6.07) is 8.02. The van der Waals surface area contributed by atoms with Gasteiger partial charge in [-0.2, -0.15) is 0 Å². The van der Waals surface area contributed by atoms with Crippen molar-refractivity contribution in [3.8, 4) is 0 Å². The summed E-state index contributed by atoms with van der Waals surface area (Å²) in [4.78, 5) is 12.4. The second kappa shape index (κ2) is 6.29. The van der Waals surface area contributed by atoms with Gasteiger partial charge in [-0.15, -0.1) is 11.8 Å². The zero-order valence-electron chi connectivity index (χ0n) is 11.1. The fourth-order valence-corrected chi connectivity index (χ4v) is 2.90. The van der Waals surface area contributed by atoms with E-state index in [2.05, 4.69) is 5.16 Å². The average Bonchev–Trinajstić information content (AvgIpc) is 2.92. The van der Waals surface area contributed by atoms with Gasteiger partial charge in [0.2, 0.25) is 0 Å². The fourth-order valence-electron chi connectivity index (χ4n) is 1.50. The van der Waals surface area contributed by atoms with Gasteiger partial charge in [0.1, 0.15) is 5.76 Å². The summed E-state index contributed by atoms with van der Waals surface area (Å²) in [6.45, 7) is 0. The van der Waals surface area contributed by atoms with Crippen LogP contribution in [0, 0.1) is 0 Å². The molecular weight excluding hydrogens is 314 g/mol. The predicted molar refractivity (Wildman–Crippen MR) is 77.3 cm³/mol. The standard InChI is InChI=1S/C12H13N3O4S2/c1-21(17,18)10-4-2-9(3-5-10)20-7-8-6-11(15-19-8)12(16)14-13/h2-6H,7,13H2,1H3,(H,14,16). The Morgan fingerprint density at radius 2 is 2.05 bits per heavy atom. The Labute approximate surface area is 125 Å². The summed E-state index contributed by atoms with van der Waals surface area (Å²) in [7, 11) is -3.19. The predicted octanol–water partition coefficient (Wildman–Crippen LogP) is 0.974. The number of amides is 1. The number of nitrogens with zero attached hydrogens (tertiary/aromatic N) is 1. The summed E-state index contributed by atoms with van der Waals surface area (Å²) >= 11 is 1.43. The van der Waals surface area contributed by atoms with Gasteiger partial charge >= 0.3 is 0 Å². The molecule has 0 saturated carbocycles. The molecule has 0 aliphatic rings. The molecule has 0 atom stereocenters. The first-order valence-electron chi connectivity index (χ1n) is 5.79. The lowest BCUT2D eigenvalue weighted by atomic mass is 10.4. The molecule has 0 saturated heterocycles. The zero-order chi connectivity index (χ0) is 15.5. The molecule has 3 N–H and O–H groups in total. The Balaban J connectivity index is 2.00. The van der Waals surface area contributed by atoms with Crippen LogP contribution in [0.15, 0.2) is 44.6 Å². The number of nitrogens with one attached hydrogen (secondary N) is 1. The third-order valence-corrected chi connectivity index (χ3v) is 4.72. The van der Waals surface area contributed by atoms with Gasteiger partial charge in [0.15, 0.2) is 15.5 Å². The van der Waals surface area contributed by atoms with Gasteiger partial charge < -0.3 is 4.52 Å². The third kappa shape index (κ3) is 4.06. The molecule has 0 aliphatic heterocycles. The first-order chi connectivity index (χ1) is 9.90. The average molecular weight is 327 g/mol. The maximum absolute atomic E-state index is 11.3. The molecule has 0 unspecified atom stereocenters. The van der Waals surface area contributed by atoms with Crippen LogP contribution in [0.5, 0.6) is 0 Å². The number of hydrazine groups is 1. The van der Waals surface area contributed by atoms with E-state index >= 15 is 0 Å². The second-order valence-corrected chi connectivity index (χ2v) is 7.25. The minimum absolute atomic E-state index is 0.112. The van der Waals surface area contributed by atoms with Crippen molar-refractivity contribution in [2.45, 2.75) is 15.5 Å². The maximum atomic E-state index is 11.3. The van der Waals surface area contributed by atoms with Crippen LogP contribution in [0.1, 0.15) is 16.2 Å². The van der Waals surface area contributed by atoms with Crippen molar-refractivity contribution in [2.75, 3.05) is 6.26 Å². The van der Waals surface area contributed by atoms with E-state index < -0.39 is 15.7 Å². The number of hydrogen-bond donors (Lipinski definition) is 2. The number of sulfone groups is 1. The van der Waals surface area contributed by atoms with Crippen molar-refractivity contribution in [3.63, 3.8) is 0 Å². The second-order valence-electron chi connectivity index (χ2n) is 4.18. The number of aromatic nitrogens is 1. The number of carbonyl (C=O) groups is 1. The molecular formula is C12H13N3O4S2. The highest BCUT2D eigenvalue weighted by molar-refractivity contribution is 7.98. The van der Waals surface area contributed by atoms with E-state index in [1.165, 1.54) is 17.8 Å². The molecule has 0 spiro atoms. The first-order valence-corrected chi connectivity index (χ1v) is 8.67. The fraction of sp³-hybridized carbons (Fsp3) is 0.167. The van der Waals surface area contributed by atoms with E-state index in [-0.39, 0.29) is 10.6 Å². The van der Waals surface area contributed by atoms with Crippen LogP contribution in [-0.4, -0.2) is 25.7 Å². The molecule has 2 aromatic rings. The highest BCUT2D eigenvalue weighted by atomic mass is 32.2. The van der Waals surface area contributed by atoms with Gasteiger partial charge in [-0.05, 0) is 24.3 Å². The van der Waals surface area contributed by atoms with Crippen LogP contribution in [-0.2, 0) is 15.6 Å². The van der Waals surface area contributed by atoms with Crippen molar-refractivity contribution in [1.29, 1.82) is 0 Å². The van der Waals surface area contributed by atoms with Crippen LogP contribution in [0.4, 0.5) is 0 Å². The van der Waals surface area contributed by atoms with Crippen molar-refractivity contribution >= 4 is 27.5 Å². The number of nitrogen functional groups attached to an aromatic ring is 1. The lowest BCUT2D eigenvalue weighted by Crippen LogP contribution is -2.30. The smallest absolute Gasteiger partial charge is 0.287 e. The van der Waals surface area contributed by atoms with Crippen LogP contribution < -0.4 is 11.3 Å². The van der Waals surface area contributed by atoms with Crippen LogP contribution in [0.2, 0.25) is 0 Å². The number of nitrogens with two attached hydrogens (primary N) is 1. The molecule has 0 bridgehead atoms. The number of carbonyl (C=O) groups excluding carboxylic acids is 1. The molecule has 1 heterocycles. The highest BCUT2D eigenvalue weighted by Crippen LogP contribution is 2.24. The Morgan fingerprint density at radius 1 is 1.38 bits per heavy atom. The van der Waals surface area contributed by atoms with Gasteiger partial charge in [0.25, 0.3) is 5.91 Å². The molecule has 2 rings (SSSR count). The van der Waals surface area contributed by atoms with Crippen LogP contribution in [0.25, 0.3) is 0 Å². The van der Waals surface area contributed by atoms with E-state index in [0.29, 0.717) is 11.5 Å². The van der Waals surface area contributed by atoms with Gasteiger partial charge in [0.05, 0.1) is 10.6 Å². The van der Waals surface area contributed by atoms with Crippen molar-refractivity contribution in [1.82, 2.24) is 10.6 Å². The van der Waals surface area contributed by atoms with E-state index in [9.17, 15) is 13.2 Å². The molecule has 0 radical (unpaired) electrons. The summed E-state index contributed by atoms with van der Waals surface area (Å²) < 4.78 is 27.7. The van der Waals surface area contributed by atoms with Gasteiger partial charge in [-0.25, -0.2) is 14.3 Å². The van der Waals surface area contributed by atoms with Crippen LogP contribution in [0.3, 0.4) is 0 Å². The van der Waals surface area contributed by atoms with E-state index in [1.807, 2.05) is 5.43 Å². The normalized spacial score (nSPS) is 11.3. The lowest BCUT2D eigenvalue weighted by Gasteiger charge is -2.01. The molecule has 0 aliphatic carbocycles. The molecule has 9 heteroatoms. The Hall–Kier alpha value is -1.84. The van der Waals surface area contributed by atoms with Crippen LogP contribution >= 0.6 is 11.8 Å². The summed E-state index contributed by atoms with van der Waals surface area (Å²) in [6.07, 6.45) is 1.16. The minimum Gasteiger partial charge on any atom is -0.360 e. The highest BCUT2D eigenvalue weighted by Gasteiger charge is 2.11. The molecule has 1 aromatic carbocycles. The monoisotopic (exact) mass is 327 g/mol. The molecule has 7 nitrogen and oxygen atoms in total. The number of thioether (sulfide) groups is 1. The number of rotatable bonds is 5. The number of hydrogen-bond acceptors (Lipinski definition) is 7. The van der Waals surface area contributed by atoms with Gasteiger partial charge in [0, 0.05) is 17.2 Å². The third-order valence-electron chi connectivity index (χ3n) is 2.56. The van der Waals surface area contributed by atoms with Crippen molar-refractivity contribution in [3.05, 3.63) is 41.8 Å². The molecule has 0 fully saturated rings. The van der Waals surface area contributed by atoms with E-state index in [0.717, 1.165) is 11.2 Å². The van der Waals surface area contributed by atoms with Gasteiger partial charge in [-0.3, -0.25) is 10.2 Å². The van der Waals surface area contributed by atoms with Gasteiger partial charge in [-0.1, -0.05) is 5.16 Å². The topological polar surface area (TPSA) is 115 Å². The van der Waals surface area contributed by atoms with Crippen molar-refractivity contribution < 1.29 is 17.7 Å². The summed E-state index contributed by atoms with van der Waals surface area (Å²) in [5, 5.41) is 3.59. The Kier molecular flexibility index (Phi) is 4.66. The summed E-state index contributed by atoms with van der Waals surface area (Å²) in [5.41, 5.74) is 2.08. The number of benzene rings is 1. The first kappa shape index (κ1) is 15.5. The zero-order valence-corrected chi connectivity index (χ0v) is 12.7. The minimum atomic E-state index is -3.19. The Bertz CT molecular complexity index is 738. The maximum Gasteiger partial charge on any atom is 0.287 e. The molecule has 1 aromatic heterocycles. The quantitative estimate of drug-likeness (QED) is 0.364. The molecule has 1 amide bonds. The molecule has 112 valence electrons.